The van der Waals surface area contributed by atoms with Crippen LogP contribution in [-0.2, 0) is 14.3 Å². The van der Waals surface area contributed by atoms with Gasteiger partial charge >= 0.3 is 5.97 Å². The summed E-state index contributed by atoms with van der Waals surface area (Å²) in [6, 6.07) is -0.540. The Labute approximate surface area is 564 Å². The van der Waals surface area contributed by atoms with Crippen molar-refractivity contribution in [3.8, 4) is 0 Å². The third-order valence-corrected chi connectivity index (χ3v) is 19.7. The van der Waals surface area contributed by atoms with Crippen LogP contribution in [0.25, 0.3) is 0 Å². The molecule has 0 fully saturated rings. The van der Waals surface area contributed by atoms with E-state index in [1.165, 1.54) is 398 Å². The molecule has 0 aromatic heterocycles. The highest BCUT2D eigenvalue weighted by Gasteiger charge is 2.20. The summed E-state index contributed by atoms with van der Waals surface area (Å²) in [5.41, 5.74) is 0. The van der Waals surface area contributed by atoms with E-state index in [0.29, 0.717) is 25.9 Å². The zero-order valence-electron chi connectivity index (χ0n) is 61.4. The standard InChI is InChI=1S/C84H163NO5/c1-3-5-7-9-11-13-15-16-17-18-19-20-21-35-38-41-44-47-50-53-57-60-64-68-72-76-82(87)81(80-86)85-83(88)77-73-69-65-61-58-54-51-48-45-42-39-36-33-31-29-27-25-23-22-24-26-28-30-32-34-37-40-43-46-49-52-55-59-63-67-71-75-79-90-84(89)78-74-70-66-62-56-14-12-10-8-6-4-2/h10,12,22,24,81-82,86-87H,3-9,11,13-21,23,25-80H2,1-2H3,(H,85,88)/b12-10-,24-22-. The van der Waals surface area contributed by atoms with Crippen molar-refractivity contribution in [1.82, 2.24) is 5.32 Å². The lowest BCUT2D eigenvalue weighted by atomic mass is 10.0. The molecule has 0 aliphatic heterocycles. The molecule has 2 unspecified atom stereocenters. The number of unbranched alkanes of at least 4 members (excludes halogenated alkanes) is 64. The SMILES string of the molecule is CCCC/C=C\CCCCCCCC(=O)OCCCCCCCCCCCCCCCCCC/C=C\CCCCCCCCCCCCCCCCCCCC(=O)NC(CO)C(O)CCCCCCCCCCCCCCCCCCCCCCCCCCC. The minimum absolute atomic E-state index is 0.0112. The van der Waals surface area contributed by atoms with Gasteiger partial charge in [0.1, 0.15) is 0 Å². The number of ether oxygens (including phenoxy) is 1. The Bertz CT molecular complexity index is 1410. The molecule has 0 aliphatic carbocycles. The third kappa shape index (κ3) is 75.4. The largest absolute Gasteiger partial charge is 0.466 e. The predicted octanol–water partition coefficient (Wildman–Crippen LogP) is 27.6. The number of hydrogen-bond acceptors (Lipinski definition) is 5. The molecule has 0 aromatic carbocycles. The predicted molar refractivity (Wildman–Crippen MR) is 398 cm³/mol. The number of esters is 1. The van der Waals surface area contributed by atoms with Crippen LogP contribution in [0.5, 0.6) is 0 Å². The second-order valence-electron chi connectivity index (χ2n) is 28.8. The fourth-order valence-corrected chi connectivity index (χ4v) is 13.4. The maximum absolute atomic E-state index is 12.6. The van der Waals surface area contributed by atoms with E-state index >= 15 is 0 Å². The smallest absolute Gasteiger partial charge is 0.305 e. The van der Waals surface area contributed by atoms with E-state index in [1.54, 1.807) is 0 Å². The number of rotatable bonds is 79. The lowest BCUT2D eigenvalue weighted by Gasteiger charge is -2.22. The topological polar surface area (TPSA) is 95.9 Å². The Morgan fingerprint density at radius 2 is 0.533 bits per heavy atom. The highest BCUT2D eigenvalue weighted by Crippen LogP contribution is 2.20. The minimum atomic E-state index is -0.663. The van der Waals surface area contributed by atoms with Gasteiger partial charge in [0.25, 0.3) is 0 Å². The van der Waals surface area contributed by atoms with E-state index in [0.717, 1.165) is 44.9 Å². The lowest BCUT2D eigenvalue weighted by molar-refractivity contribution is -0.143. The number of carbonyl (C=O) groups is 2. The Morgan fingerprint density at radius 3 is 0.822 bits per heavy atom. The molecule has 0 saturated carbocycles. The van der Waals surface area contributed by atoms with Crippen molar-refractivity contribution in [2.45, 2.75) is 488 Å². The lowest BCUT2D eigenvalue weighted by Crippen LogP contribution is -2.45. The second kappa shape index (κ2) is 79.8. The molecule has 0 saturated heterocycles. The maximum Gasteiger partial charge on any atom is 0.305 e. The number of amides is 1. The molecule has 0 heterocycles. The van der Waals surface area contributed by atoms with Gasteiger partial charge in [-0.2, -0.15) is 0 Å². The van der Waals surface area contributed by atoms with Crippen molar-refractivity contribution >= 4 is 11.9 Å². The third-order valence-electron chi connectivity index (χ3n) is 19.7. The number of aliphatic hydroxyl groups is 2. The van der Waals surface area contributed by atoms with Crippen LogP contribution in [0.3, 0.4) is 0 Å². The van der Waals surface area contributed by atoms with Crippen LogP contribution in [0.4, 0.5) is 0 Å². The Kier molecular flexibility index (Phi) is 78.3. The summed E-state index contributed by atoms with van der Waals surface area (Å²) in [7, 11) is 0. The fourth-order valence-electron chi connectivity index (χ4n) is 13.4. The van der Waals surface area contributed by atoms with E-state index in [-0.39, 0.29) is 18.5 Å². The van der Waals surface area contributed by atoms with Gasteiger partial charge in [0.15, 0.2) is 0 Å². The minimum Gasteiger partial charge on any atom is -0.466 e. The Morgan fingerprint density at radius 1 is 0.300 bits per heavy atom. The van der Waals surface area contributed by atoms with Crippen molar-refractivity contribution in [2.75, 3.05) is 13.2 Å². The summed E-state index contributed by atoms with van der Waals surface area (Å²) < 4.78 is 5.47. The molecule has 6 heteroatoms. The van der Waals surface area contributed by atoms with Crippen LogP contribution in [0.1, 0.15) is 476 Å². The first-order valence-corrected chi connectivity index (χ1v) is 41.6. The number of hydrogen-bond donors (Lipinski definition) is 3. The van der Waals surface area contributed by atoms with Gasteiger partial charge in [-0.1, -0.05) is 417 Å². The summed E-state index contributed by atoms with van der Waals surface area (Å²) in [5, 5.41) is 23.5. The summed E-state index contributed by atoms with van der Waals surface area (Å²) in [6.45, 7) is 4.97. The van der Waals surface area contributed by atoms with Gasteiger partial charge in [-0.05, 0) is 70.6 Å². The number of allylic oxidation sites excluding steroid dienone is 4. The van der Waals surface area contributed by atoms with Crippen molar-refractivity contribution in [1.29, 1.82) is 0 Å². The first-order valence-electron chi connectivity index (χ1n) is 41.6. The second-order valence-corrected chi connectivity index (χ2v) is 28.8. The summed E-state index contributed by atoms with van der Waals surface area (Å²) in [5.74, 6) is -0.0135. The quantitative estimate of drug-likeness (QED) is 0.0320. The molecule has 0 aliphatic rings. The first-order chi connectivity index (χ1) is 44.5. The van der Waals surface area contributed by atoms with Crippen LogP contribution in [0, 0.1) is 0 Å². The zero-order valence-corrected chi connectivity index (χ0v) is 61.4. The summed E-state index contributed by atoms with van der Waals surface area (Å²) in [6.07, 6.45) is 103. The van der Waals surface area contributed by atoms with Crippen molar-refractivity contribution in [3.63, 3.8) is 0 Å². The van der Waals surface area contributed by atoms with E-state index in [9.17, 15) is 19.8 Å². The molecule has 0 rings (SSSR count). The van der Waals surface area contributed by atoms with Gasteiger partial charge in [0.05, 0.1) is 25.4 Å². The van der Waals surface area contributed by atoms with Crippen LogP contribution < -0.4 is 5.32 Å². The molecule has 0 bridgehead atoms. The molecule has 0 aromatic rings. The van der Waals surface area contributed by atoms with Crippen molar-refractivity contribution < 1.29 is 24.5 Å². The maximum atomic E-state index is 12.6. The zero-order chi connectivity index (χ0) is 64.9. The van der Waals surface area contributed by atoms with Gasteiger partial charge in [0.2, 0.25) is 5.91 Å². The van der Waals surface area contributed by atoms with Crippen LogP contribution in [0.15, 0.2) is 24.3 Å². The first kappa shape index (κ1) is 88.3. The van der Waals surface area contributed by atoms with Crippen LogP contribution in [-0.4, -0.2) is 47.4 Å². The average molecular weight is 1270 g/mol. The molecule has 534 valence electrons. The number of carbonyl (C=O) groups excluding carboxylic acids is 2. The average Bonchev–Trinajstić information content (AvgIpc) is 3.62. The molecule has 90 heavy (non-hydrogen) atoms. The monoisotopic (exact) mass is 1270 g/mol. The molecular weight excluding hydrogens is 1100 g/mol. The van der Waals surface area contributed by atoms with Gasteiger partial charge in [0, 0.05) is 12.8 Å². The van der Waals surface area contributed by atoms with Gasteiger partial charge in [-0.25, -0.2) is 0 Å². The molecule has 3 N–H and O–H groups in total. The van der Waals surface area contributed by atoms with Crippen LogP contribution in [0.2, 0.25) is 0 Å². The molecule has 2 atom stereocenters. The van der Waals surface area contributed by atoms with Crippen molar-refractivity contribution in [2.24, 2.45) is 0 Å². The number of aliphatic hydroxyl groups excluding tert-OH is 2. The van der Waals surface area contributed by atoms with Gasteiger partial charge in [-0.15, -0.1) is 0 Å². The number of nitrogens with one attached hydrogen (secondary N) is 1. The molecule has 6 nitrogen and oxygen atoms in total. The Hall–Kier alpha value is -1.66. The normalized spacial score (nSPS) is 12.5. The van der Waals surface area contributed by atoms with E-state index < -0.39 is 12.1 Å². The highest BCUT2D eigenvalue weighted by atomic mass is 16.5. The van der Waals surface area contributed by atoms with E-state index in [4.69, 9.17) is 4.74 Å². The fraction of sp³-hybridized carbons (Fsp3) is 0.929. The van der Waals surface area contributed by atoms with Crippen LogP contribution >= 0.6 is 0 Å². The molecular formula is C84H163NO5. The Balaban J connectivity index is 3.34. The van der Waals surface area contributed by atoms with Gasteiger partial charge in [-0.3, -0.25) is 9.59 Å². The molecule has 0 spiro atoms. The highest BCUT2D eigenvalue weighted by molar-refractivity contribution is 5.76. The molecule has 1 amide bonds. The summed E-state index contributed by atoms with van der Waals surface area (Å²) in [4.78, 5) is 24.6. The van der Waals surface area contributed by atoms with Gasteiger partial charge < -0.3 is 20.3 Å². The van der Waals surface area contributed by atoms with Crippen molar-refractivity contribution in [3.05, 3.63) is 24.3 Å². The summed E-state index contributed by atoms with van der Waals surface area (Å²) >= 11 is 0. The molecule has 0 radical (unpaired) electrons. The van der Waals surface area contributed by atoms with E-state index in [2.05, 4.69) is 43.5 Å². The van der Waals surface area contributed by atoms with E-state index in [1.807, 2.05) is 0 Å².